The van der Waals surface area contributed by atoms with Crippen LogP contribution in [0.25, 0.3) is 21.5 Å². The number of hydrogen-bond donors (Lipinski definition) is 3. The molecule has 0 spiro atoms. The molecule has 3 N–H and O–H groups in total. The van der Waals surface area contributed by atoms with Gasteiger partial charge in [0.25, 0.3) is 17.7 Å². The number of carbonyl (C=O) groups is 13. The first-order chi connectivity index (χ1) is 58.5. The molecule has 10 aromatic rings. The lowest BCUT2D eigenvalue weighted by molar-refractivity contribution is -0.185. The molecule has 620 valence electrons. The van der Waals surface area contributed by atoms with Crippen LogP contribution in [0, 0.1) is 0 Å². The standard InChI is InChI=1S/C94H91N3O23/c98-75(53-25-8-32-56-95-85(101)78-73-51-30-28-49-71(73)59-72-50-29-31-52-74(72)78)115-79(86(102)96-57-33-9-26-54-76(99)116-81(91(107)111-60-64-35-11-1-12-36-64)83(119-89(105)69-45-21-6-22-46-69)93(109)113-62-66-39-15-3-16-40-66)80(118-88(104)68-43-19-5-20-44-68)87(103)97-58-34-10-27-55-77(100)117-82(92(108)112-61-65-37-13-2-14-38-65)84(120-90(106)70-47-23-7-24-48-70)94(110)114-63-67-41-17-4-18-42-67/h1-7,11-24,28-31,35-52,59,79-84H,8-10,25-27,32-34,53-58,60-63H2,(H,95,101)(H,96,102)(H,97,103)/t79-,80-,81-,82-,83-,84-/m0/s1. The van der Waals surface area contributed by atoms with E-state index >= 15 is 0 Å². The van der Waals surface area contributed by atoms with Gasteiger partial charge in [0.05, 0.1) is 22.3 Å². The van der Waals surface area contributed by atoms with E-state index in [2.05, 4.69) is 16.0 Å². The molecule has 10 rings (SSSR count). The lowest BCUT2D eigenvalue weighted by Gasteiger charge is -2.26. The highest BCUT2D eigenvalue weighted by Crippen LogP contribution is 2.29. The number of esters is 10. The molecule has 0 aromatic heterocycles. The second-order valence-electron chi connectivity index (χ2n) is 27.6. The Morgan fingerprint density at radius 1 is 0.250 bits per heavy atom. The summed E-state index contributed by atoms with van der Waals surface area (Å²) in [7, 11) is 0. The van der Waals surface area contributed by atoms with Gasteiger partial charge < -0.3 is 63.3 Å². The minimum atomic E-state index is -2.17. The molecule has 0 bridgehead atoms. The number of ether oxygens (including phenoxy) is 10. The molecule has 0 heterocycles. The van der Waals surface area contributed by atoms with Crippen molar-refractivity contribution >= 4 is 99.0 Å². The fourth-order valence-corrected chi connectivity index (χ4v) is 12.4. The van der Waals surface area contributed by atoms with E-state index in [4.69, 9.17) is 47.4 Å². The molecule has 26 nitrogen and oxygen atoms in total. The van der Waals surface area contributed by atoms with E-state index in [1.54, 1.807) is 164 Å². The number of carbonyl (C=O) groups excluding carboxylic acids is 13. The highest BCUT2D eigenvalue weighted by Gasteiger charge is 2.46. The van der Waals surface area contributed by atoms with Crippen molar-refractivity contribution in [2.24, 2.45) is 0 Å². The van der Waals surface area contributed by atoms with Crippen LogP contribution in [0.2, 0.25) is 0 Å². The Morgan fingerprint density at radius 3 is 0.817 bits per heavy atom. The molecule has 10 aromatic carbocycles. The van der Waals surface area contributed by atoms with Crippen molar-refractivity contribution < 1.29 is 110 Å². The van der Waals surface area contributed by atoms with E-state index in [-0.39, 0.29) is 133 Å². The third-order valence-electron chi connectivity index (χ3n) is 18.7. The van der Waals surface area contributed by atoms with Crippen LogP contribution in [0.3, 0.4) is 0 Å². The van der Waals surface area contributed by atoms with Crippen LogP contribution in [-0.4, -0.2) is 134 Å². The van der Waals surface area contributed by atoms with Crippen LogP contribution >= 0.6 is 0 Å². The number of benzene rings is 10. The molecule has 3 amide bonds. The fourth-order valence-electron chi connectivity index (χ4n) is 12.4. The molecule has 0 aliphatic carbocycles. The lowest BCUT2D eigenvalue weighted by atomic mass is 9.96. The zero-order valence-electron chi connectivity index (χ0n) is 65.7. The van der Waals surface area contributed by atoms with E-state index in [1.165, 1.54) is 48.5 Å². The predicted molar refractivity (Wildman–Crippen MR) is 437 cm³/mol. The summed E-state index contributed by atoms with van der Waals surface area (Å²) in [6.07, 6.45) is -12.3. The van der Waals surface area contributed by atoms with Crippen molar-refractivity contribution in [1.29, 1.82) is 0 Å². The van der Waals surface area contributed by atoms with E-state index in [1.807, 2.05) is 54.6 Å². The van der Waals surface area contributed by atoms with Gasteiger partial charge in [-0.25, -0.2) is 33.6 Å². The highest BCUT2D eigenvalue weighted by molar-refractivity contribution is 6.18. The SMILES string of the molecule is O=C(CCCCCNC(=O)c1c2ccccc2cc2ccccc12)O[C@H](C(=O)NCCCCCC(=O)O[C@H](C(=O)OCc1ccccc1)[C@H](OC(=O)c1ccccc1)C(=O)OCc1ccccc1)[C@H](OC(=O)c1ccccc1)C(=O)NCCCCCC(=O)O[C@H](C(=O)OCc1ccccc1)[C@H](OC(=O)c1ccccc1)C(=O)OCc1ccccc1. The molecular formula is C94H91N3O23. The number of fused-ring (bicyclic) bond motifs is 2. The summed E-state index contributed by atoms with van der Waals surface area (Å²) in [4.78, 5) is 182. The molecule has 0 saturated heterocycles. The summed E-state index contributed by atoms with van der Waals surface area (Å²) in [5, 5.41) is 11.7. The summed E-state index contributed by atoms with van der Waals surface area (Å²) in [6, 6.07) is 73.8. The topological polar surface area (TPSA) is 350 Å². The Hall–Kier alpha value is -14.2. The molecular weight excluding hydrogens is 1540 g/mol. The smallest absolute Gasteiger partial charge is 0.352 e. The van der Waals surface area contributed by atoms with Crippen LogP contribution in [0.1, 0.15) is 141 Å². The summed E-state index contributed by atoms with van der Waals surface area (Å²) >= 11 is 0. The van der Waals surface area contributed by atoms with Gasteiger partial charge >= 0.3 is 59.7 Å². The van der Waals surface area contributed by atoms with Crippen molar-refractivity contribution in [1.82, 2.24) is 16.0 Å². The van der Waals surface area contributed by atoms with Crippen molar-refractivity contribution in [3.63, 3.8) is 0 Å². The molecule has 0 saturated carbocycles. The van der Waals surface area contributed by atoms with Crippen LogP contribution in [0.15, 0.2) is 267 Å². The Bertz CT molecular complexity index is 5030. The summed E-state index contributed by atoms with van der Waals surface area (Å²) in [5.74, 6) is -13.5. The minimum Gasteiger partial charge on any atom is -0.458 e. The Labute approximate surface area is 692 Å². The molecule has 0 aliphatic rings. The van der Waals surface area contributed by atoms with Gasteiger partial charge in [-0.1, -0.05) is 244 Å². The monoisotopic (exact) mass is 1630 g/mol. The van der Waals surface area contributed by atoms with Gasteiger partial charge in [-0.2, -0.15) is 0 Å². The van der Waals surface area contributed by atoms with Crippen LogP contribution in [0.4, 0.5) is 0 Å². The van der Waals surface area contributed by atoms with Gasteiger partial charge in [0, 0.05) is 38.9 Å². The third-order valence-corrected chi connectivity index (χ3v) is 18.7. The van der Waals surface area contributed by atoms with Gasteiger partial charge in [0.15, 0.2) is 0 Å². The molecule has 0 aliphatic heterocycles. The number of rotatable bonds is 45. The molecule has 0 fully saturated rings. The predicted octanol–water partition coefficient (Wildman–Crippen LogP) is 13.0. The summed E-state index contributed by atoms with van der Waals surface area (Å²) in [5.41, 5.74) is 2.68. The van der Waals surface area contributed by atoms with Gasteiger partial charge in [-0.15, -0.1) is 0 Å². The maximum atomic E-state index is 14.7. The van der Waals surface area contributed by atoms with Gasteiger partial charge in [0.2, 0.25) is 36.6 Å². The largest absolute Gasteiger partial charge is 0.458 e. The number of nitrogens with one attached hydrogen (secondary N) is 3. The highest BCUT2D eigenvalue weighted by atomic mass is 16.7. The van der Waals surface area contributed by atoms with Crippen molar-refractivity contribution in [3.8, 4) is 0 Å². The van der Waals surface area contributed by atoms with Gasteiger partial charge in [-0.3, -0.25) is 28.8 Å². The Kier molecular flexibility index (Phi) is 34.7. The van der Waals surface area contributed by atoms with Crippen molar-refractivity contribution in [2.45, 2.75) is 140 Å². The van der Waals surface area contributed by atoms with Crippen molar-refractivity contribution in [2.75, 3.05) is 19.6 Å². The quantitative estimate of drug-likeness (QED) is 0.0138. The van der Waals surface area contributed by atoms with E-state index in [9.17, 15) is 62.3 Å². The van der Waals surface area contributed by atoms with E-state index in [0.29, 0.717) is 40.7 Å². The maximum Gasteiger partial charge on any atom is 0.352 e. The van der Waals surface area contributed by atoms with Crippen LogP contribution < -0.4 is 16.0 Å². The van der Waals surface area contributed by atoms with Gasteiger partial charge in [0.1, 0.15) is 26.4 Å². The minimum absolute atomic E-state index is 0.00178. The van der Waals surface area contributed by atoms with Crippen LogP contribution in [-0.2, 0) is 117 Å². The Balaban J connectivity index is 0.801. The average molecular weight is 1630 g/mol. The van der Waals surface area contributed by atoms with Crippen LogP contribution in [0.5, 0.6) is 0 Å². The molecule has 6 atom stereocenters. The Morgan fingerprint density at radius 2 is 0.500 bits per heavy atom. The normalized spacial score (nSPS) is 12.4. The van der Waals surface area contributed by atoms with E-state index < -0.39 is 108 Å². The van der Waals surface area contributed by atoms with E-state index in [0.717, 1.165) is 21.5 Å². The lowest BCUT2D eigenvalue weighted by Crippen LogP contribution is -2.53. The zero-order valence-corrected chi connectivity index (χ0v) is 65.7. The number of unbranched alkanes of at least 4 members (excludes halogenated alkanes) is 6. The molecule has 120 heavy (non-hydrogen) atoms. The molecule has 0 radical (unpaired) electrons. The maximum absolute atomic E-state index is 14.7. The zero-order chi connectivity index (χ0) is 84.6. The number of hydrogen-bond acceptors (Lipinski definition) is 23. The second kappa shape index (κ2) is 47.1. The molecule has 0 unspecified atom stereocenters. The molecule has 26 heteroatoms. The first kappa shape index (κ1) is 88.2. The summed E-state index contributed by atoms with van der Waals surface area (Å²) in [6.45, 7) is -1.39. The fraction of sp³-hybridized carbons (Fsp3) is 0.266. The number of amides is 3. The second-order valence-corrected chi connectivity index (χ2v) is 27.6. The average Bonchev–Trinajstić information content (AvgIpc) is 0.769. The van der Waals surface area contributed by atoms with Crippen molar-refractivity contribution in [3.05, 3.63) is 311 Å². The third kappa shape index (κ3) is 27.8. The summed E-state index contributed by atoms with van der Waals surface area (Å²) < 4.78 is 56.5. The first-order valence-electron chi connectivity index (χ1n) is 39.4. The first-order valence-corrected chi connectivity index (χ1v) is 39.4. The van der Waals surface area contributed by atoms with Gasteiger partial charge in [-0.05, 0) is 125 Å².